The quantitative estimate of drug-likeness (QED) is 0.218. The van der Waals surface area contributed by atoms with Gasteiger partial charge in [-0.1, -0.05) is 121 Å². The van der Waals surface area contributed by atoms with Crippen LogP contribution in [0.25, 0.3) is 38.6 Å². The van der Waals surface area contributed by atoms with Crippen molar-refractivity contribution >= 4 is 27.7 Å². The van der Waals surface area contributed by atoms with Crippen molar-refractivity contribution in [3.05, 3.63) is 174 Å². The van der Waals surface area contributed by atoms with Crippen LogP contribution in [0, 0.1) is 0 Å². The molecule has 0 fully saturated rings. The molecule has 6 aromatic rings. The zero-order valence-corrected chi connectivity index (χ0v) is 23.2. The van der Waals surface area contributed by atoms with Gasteiger partial charge in [0.2, 0.25) is 0 Å². The second-order valence-electron chi connectivity index (χ2n) is 11.7. The van der Waals surface area contributed by atoms with Gasteiger partial charge in [-0.3, -0.25) is 0 Å². The first-order valence-electron chi connectivity index (χ1n) is 14.9. The molecule has 2 aliphatic carbocycles. The van der Waals surface area contributed by atoms with E-state index in [-0.39, 0.29) is 6.04 Å². The second kappa shape index (κ2) is 9.19. The van der Waals surface area contributed by atoms with Crippen LogP contribution in [-0.4, -0.2) is 6.04 Å². The molecule has 2 unspecified atom stereocenters. The van der Waals surface area contributed by atoms with Crippen LogP contribution in [0.3, 0.4) is 0 Å². The molecular formula is C41H29N. The number of hydrogen-bond donors (Lipinski definition) is 0. The van der Waals surface area contributed by atoms with Crippen LogP contribution in [0.4, 0.5) is 11.4 Å². The maximum atomic E-state index is 2.50. The molecule has 42 heavy (non-hydrogen) atoms. The number of nitrogens with zero attached hydrogens (tertiary/aromatic N) is 1. The number of para-hydroxylation sites is 2. The van der Waals surface area contributed by atoms with Gasteiger partial charge in [-0.05, 0) is 97.6 Å². The van der Waals surface area contributed by atoms with E-state index in [0.29, 0.717) is 5.92 Å². The molecule has 198 valence electrons. The summed E-state index contributed by atoms with van der Waals surface area (Å²) in [4.78, 5) is 2.50. The van der Waals surface area contributed by atoms with Crippen LogP contribution in [0.5, 0.6) is 0 Å². The van der Waals surface area contributed by atoms with Crippen molar-refractivity contribution in [1.29, 1.82) is 0 Å². The highest BCUT2D eigenvalue weighted by molar-refractivity contribution is 5.98. The van der Waals surface area contributed by atoms with Crippen LogP contribution in [0.2, 0.25) is 0 Å². The van der Waals surface area contributed by atoms with Crippen LogP contribution in [0.15, 0.2) is 152 Å². The highest BCUT2D eigenvalue weighted by Crippen LogP contribution is 2.49. The zero-order valence-electron chi connectivity index (χ0n) is 23.2. The maximum absolute atomic E-state index is 2.50. The minimum absolute atomic E-state index is 0.284. The average molecular weight is 536 g/mol. The molecule has 0 aromatic heterocycles. The number of fused-ring (bicyclic) bond motifs is 7. The standard InChI is InChI=1S/C41H29N/c1-2-11-33(12-3-1)42-40-16-7-6-14-36(40)39-25-29(21-22-41(39)42)28-17-18-30-23-31-19-20-32(26-38(31)37(30)24-28)35-15-8-10-27-9-4-5-13-34(27)35/h1-22,24-26,39,41H,23H2. The van der Waals surface area contributed by atoms with E-state index in [2.05, 4.69) is 157 Å². The Morgan fingerprint density at radius 1 is 0.571 bits per heavy atom. The Hall–Kier alpha value is -5.14. The fourth-order valence-electron chi connectivity index (χ4n) is 7.42. The van der Waals surface area contributed by atoms with Gasteiger partial charge in [0.15, 0.2) is 0 Å². The Morgan fingerprint density at radius 2 is 1.29 bits per heavy atom. The maximum Gasteiger partial charge on any atom is 0.0630 e. The Kier molecular flexibility index (Phi) is 5.15. The van der Waals surface area contributed by atoms with Crippen LogP contribution in [0.1, 0.15) is 28.2 Å². The third-order valence-corrected chi connectivity index (χ3v) is 9.41. The topological polar surface area (TPSA) is 3.24 Å². The van der Waals surface area contributed by atoms with Crippen molar-refractivity contribution < 1.29 is 0 Å². The molecule has 0 amide bonds. The molecule has 1 aliphatic heterocycles. The molecular weight excluding hydrogens is 506 g/mol. The van der Waals surface area contributed by atoms with Gasteiger partial charge in [0, 0.05) is 17.3 Å². The third kappa shape index (κ3) is 3.57. The van der Waals surface area contributed by atoms with Gasteiger partial charge in [-0.15, -0.1) is 0 Å². The molecule has 0 saturated carbocycles. The molecule has 3 aliphatic rings. The molecule has 0 spiro atoms. The van der Waals surface area contributed by atoms with Gasteiger partial charge in [-0.25, -0.2) is 0 Å². The molecule has 0 bridgehead atoms. The summed E-state index contributed by atoms with van der Waals surface area (Å²) >= 11 is 0. The van der Waals surface area contributed by atoms with Crippen LogP contribution < -0.4 is 4.90 Å². The third-order valence-electron chi connectivity index (χ3n) is 9.41. The van der Waals surface area contributed by atoms with E-state index in [0.717, 1.165) is 6.42 Å². The number of hydrogen-bond acceptors (Lipinski definition) is 1. The molecule has 1 heteroatoms. The molecule has 0 saturated heterocycles. The van der Waals surface area contributed by atoms with Crippen molar-refractivity contribution in [2.45, 2.75) is 18.4 Å². The normalized spacial score (nSPS) is 17.9. The first-order chi connectivity index (χ1) is 20.8. The first-order valence-corrected chi connectivity index (χ1v) is 14.9. The van der Waals surface area contributed by atoms with Crippen LogP contribution in [-0.2, 0) is 6.42 Å². The van der Waals surface area contributed by atoms with E-state index >= 15 is 0 Å². The van der Waals surface area contributed by atoms with Gasteiger partial charge in [0.1, 0.15) is 0 Å². The van der Waals surface area contributed by atoms with Gasteiger partial charge in [0.25, 0.3) is 0 Å². The summed E-state index contributed by atoms with van der Waals surface area (Å²) < 4.78 is 0. The lowest BCUT2D eigenvalue weighted by molar-refractivity contribution is 0.747. The number of benzene rings is 6. The SMILES string of the molecule is C1=CC2C(C=C1c1ccc3c(c1)-c1cc(-c4cccc5ccccc45)ccc1C3)c1ccccc1N2c1ccccc1. The lowest BCUT2D eigenvalue weighted by Crippen LogP contribution is -2.28. The van der Waals surface area contributed by atoms with E-state index in [1.54, 1.807) is 0 Å². The summed E-state index contributed by atoms with van der Waals surface area (Å²) in [7, 11) is 0. The molecule has 1 nitrogen and oxygen atoms in total. The van der Waals surface area contributed by atoms with Crippen molar-refractivity contribution in [1.82, 2.24) is 0 Å². The highest BCUT2D eigenvalue weighted by atomic mass is 15.2. The van der Waals surface area contributed by atoms with Crippen molar-refractivity contribution in [3.8, 4) is 22.3 Å². The molecule has 0 N–H and O–H groups in total. The second-order valence-corrected chi connectivity index (χ2v) is 11.7. The molecule has 9 rings (SSSR count). The summed E-state index contributed by atoms with van der Waals surface area (Å²) in [5, 5.41) is 2.59. The van der Waals surface area contributed by atoms with Crippen molar-refractivity contribution in [3.63, 3.8) is 0 Å². The van der Waals surface area contributed by atoms with E-state index in [1.807, 2.05) is 0 Å². The Balaban J connectivity index is 1.11. The smallest absolute Gasteiger partial charge is 0.0630 e. The Morgan fingerprint density at radius 3 is 2.17 bits per heavy atom. The minimum Gasteiger partial charge on any atom is -0.333 e. The average Bonchev–Trinajstić information content (AvgIpc) is 3.59. The number of anilines is 2. The Bertz CT molecular complexity index is 2080. The predicted octanol–water partition coefficient (Wildman–Crippen LogP) is 10.3. The van der Waals surface area contributed by atoms with Crippen molar-refractivity contribution in [2.24, 2.45) is 0 Å². The van der Waals surface area contributed by atoms with Crippen LogP contribution >= 0.6 is 0 Å². The van der Waals surface area contributed by atoms with E-state index in [9.17, 15) is 0 Å². The van der Waals surface area contributed by atoms with E-state index in [1.165, 1.54) is 72.2 Å². The lowest BCUT2D eigenvalue weighted by Gasteiger charge is -2.29. The van der Waals surface area contributed by atoms with Gasteiger partial charge in [-0.2, -0.15) is 0 Å². The lowest BCUT2D eigenvalue weighted by atomic mass is 9.85. The van der Waals surface area contributed by atoms with E-state index in [4.69, 9.17) is 0 Å². The summed E-state index contributed by atoms with van der Waals surface area (Å²) in [6, 6.07) is 49.5. The highest BCUT2D eigenvalue weighted by Gasteiger charge is 2.38. The zero-order chi connectivity index (χ0) is 27.6. The van der Waals surface area contributed by atoms with Gasteiger partial charge < -0.3 is 4.90 Å². The number of allylic oxidation sites excluding steroid dienone is 2. The van der Waals surface area contributed by atoms with Crippen molar-refractivity contribution in [2.75, 3.05) is 4.90 Å². The number of rotatable bonds is 3. The summed E-state index contributed by atoms with van der Waals surface area (Å²) in [5.41, 5.74) is 14.7. The molecule has 1 heterocycles. The first kappa shape index (κ1) is 23.6. The fraction of sp³-hybridized carbons (Fsp3) is 0.0732. The molecule has 2 atom stereocenters. The van der Waals surface area contributed by atoms with Gasteiger partial charge >= 0.3 is 0 Å². The molecule has 6 aromatic carbocycles. The fourth-order valence-corrected chi connectivity index (χ4v) is 7.42. The summed E-state index contributed by atoms with van der Waals surface area (Å²) in [6.07, 6.45) is 8.25. The largest absolute Gasteiger partial charge is 0.333 e. The molecule has 0 radical (unpaired) electrons. The summed E-state index contributed by atoms with van der Waals surface area (Å²) in [5.74, 6) is 0.319. The minimum atomic E-state index is 0.284. The summed E-state index contributed by atoms with van der Waals surface area (Å²) in [6.45, 7) is 0. The monoisotopic (exact) mass is 535 g/mol. The predicted molar refractivity (Wildman–Crippen MR) is 176 cm³/mol. The van der Waals surface area contributed by atoms with Gasteiger partial charge in [0.05, 0.1) is 6.04 Å². The Labute approximate surface area is 246 Å². The van der Waals surface area contributed by atoms with E-state index < -0.39 is 0 Å².